The lowest BCUT2D eigenvalue weighted by Gasteiger charge is -2.29. The fraction of sp³-hybridized carbons (Fsp3) is 0.400. The zero-order valence-electron chi connectivity index (χ0n) is 12.8. The lowest BCUT2D eigenvalue weighted by Crippen LogP contribution is -2.45. The van der Waals surface area contributed by atoms with Gasteiger partial charge < -0.3 is 14.7 Å². The van der Waals surface area contributed by atoms with Gasteiger partial charge in [0.15, 0.2) is 6.04 Å². The number of amides is 3. The standard InChI is InChI=1S/C15H16F2N2O5/c1-18(15(23)19-8-4-7-11(19)20)12(13(21)22)9-5-2-3-6-10(9)24-14(16)17/h2-3,5-6,12,14H,4,7-8H2,1H3,(H,21,22). The number of hydrogen-bond acceptors (Lipinski definition) is 4. The third-order valence-corrected chi connectivity index (χ3v) is 3.66. The smallest absolute Gasteiger partial charge is 0.387 e. The predicted molar refractivity (Wildman–Crippen MR) is 77.6 cm³/mol. The van der Waals surface area contributed by atoms with Crippen LogP contribution in [0.2, 0.25) is 0 Å². The monoisotopic (exact) mass is 342 g/mol. The molecule has 1 heterocycles. The first-order chi connectivity index (χ1) is 11.3. The van der Waals surface area contributed by atoms with Crippen molar-refractivity contribution in [1.29, 1.82) is 0 Å². The summed E-state index contributed by atoms with van der Waals surface area (Å²) in [6.45, 7) is -2.94. The van der Waals surface area contributed by atoms with Gasteiger partial charge in [-0.1, -0.05) is 18.2 Å². The van der Waals surface area contributed by atoms with Crippen molar-refractivity contribution in [3.05, 3.63) is 29.8 Å². The minimum absolute atomic E-state index is 0.104. The van der Waals surface area contributed by atoms with Crippen molar-refractivity contribution >= 4 is 17.9 Å². The Labute approximate surface area is 136 Å². The number of urea groups is 1. The summed E-state index contributed by atoms with van der Waals surface area (Å²) >= 11 is 0. The molecule has 0 radical (unpaired) electrons. The maximum atomic E-state index is 12.5. The van der Waals surface area contributed by atoms with Crippen LogP contribution < -0.4 is 4.74 Å². The molecule has 1 aliphatic heterocycles. The molecule has 9 heteroatoms. The normalized spacial score (nSPS) is 15.5. The van der Waals surface area contributed by atoms with Gasteiger partial charge in [-0.05, 0) is 12.5 Å². The molecule has 130 valence electrons. The number of carbonyl (C=O) groups is 3. The quantitative estimate of drug-likeness (QED) is 0.885. The lowest BCUT2D eigenvalue weighted by atomic mass is 10.0. The molecule has 0 aliphatic carbocycles. The number of benzene rings is 1. The minimum atomic E-state index is -3.14. The maximum Gasteiger partial charge on any atom is 0.387 e. The van der Waals surface area contributed by atoms with E-state index in [4.69, 9.17) is 0 Å². The van der Waals surface area contributed by atoms with Gasteiger partial charge in [-0.25, -0.2) is 9.59 Å². The zero-order chi connectivity index (χ0) is 17.9. The summed E-state index contributed by atoms with van der Waals surface area (Å²) < 4.78 is 29.4. The van der Waals surface area contributed by atoms with Crippen molar-refractivity contribution in [3.8, 4) is 5.75 Å². The molecule has 0 aromatic heterocycles. The number of rotatable bonds is 5. The highest BCUT2D eigenvalue weighted by molar-refractivity contribution is 5.97. The topological polar surface area (TPSA) is 87.2 Å². The molecular formula is C15H16F2N2O5. The predicted octanol–water partition coefficient (Wildman–Crippen LogP) is 2.09. The van der Waals surface area contributed by atoms with Gasteiger partial charge in [-0.3, -0.25) is 9.69 Å². The van der Waals surface area contributed by atoms with Crippen LogP contribution in [0, 0.1) is 0 Å². The lowest BCUT2D eigenvalue weighted by molar-refractivity contribution is -0.143. The third-order valence-electron chi connectivity index (χ3n) is 3.66. The van der Waals surface area contributed by atoms with Gasteiger partial charge in [0, 0.05) is 25.6 Å². The van der Waals surface area contributed by atoms with Crippen LogP contribution in [-0.2, 0) is 9.59 Å². The van der Waals surface area contributed by atoms with E-state index in [1.54, 1.807) is 0 Å². The van der Waals surface area contributed by atoms with E-state index in [-0.39, 0.29) is 24.3 Å². The van der Waals surface area contributed by atoms with Gasteiger partial charge in [0.25, 0.3) is 0 Å². The number of alkyl halides is 2. The van der Waals surface area contributed by atoms with Crippen LogP contribution in [0.5, 0.6) is 5.75 Å². The van der Waals surface area contributed by atoms with Gasteiger partial charge in [-0.15, -0.1) is 0 Å². The second kappa shape index (κ2) is 7.24. The van der Waals surface area contributed by atoms with Gasteiger partial charge >= 0.3 is 18.6 Å². The second-order valence-electron chi connectivity index (χ2n) is 5.20. The van der Waals surface area contributed by atoms with Crippen molar-refractivity contribution < 1.29 is 33.0 Å². The van der Waals surface area contributed by atoms with Gasteiger partial charge in [-0.2, -0.15) is 8.78 Å². The molecule has 0 saturated carbocycles. The first-order valence-electron chi connectivity index (χ1n) is 7.16. The fourth-order valence-corrected chi connectivity index (χ4v) is 2.57. The van der Waals surface area contributed by atoms with Gasteiger partial charge in [0.05, 0.1) is 0 Å². The van der Waals surface area contributed by atoms with Crippen LogP contribution in [0.4, 0.5) is 13.6 Å². The molecule has 1 unspecified atom stereocenters. The number of carbonyl (C=O) groups excluding carboxylic acids is 2. The Balaban J connectivity index is 2.34. The highest BCUT2D eigenvalue weighted by Gasteiger charge is 2.36. The number of ether oxygens (including phenoxy) is 1. The number of imide groups is 1. The Hall–Kier alpha value is -2.71. The summed E-state index contributed by atoms with van der Waals surface area (Å²) in [4.78, 5) is 37.5. The number of likely N-dealkylation sites (N-methyl/N-ethyl adjacent to an activating group) is 1. The van der Waals surface area contributed by atoms with E-state index in [0.717, 1.165) is 9.80 Å². The number of likely N-dealkylation sites (tertiary alicyclic amines) is 1. The first-order valence-corrected chi connectivity index (χ1v) is 7.16. The summed E-state index contributed by atoms with van der Waals surface area (Å²) in [5.41, 5.74) is -0.104. The van der Waals surface area contributed by atoms with Gasteiger partial charge in [0.1, 0.15) is 5.75 Å². The SMILES string of the molecule is CN(C(=O)N1CCCC1=O)C(C(=O)O)c1ccccc1OC(F)F. The second-order valence-corrected chi connectivity index (χ2v) is 5.20. The van der Waals surface area contributed by atoms with Crippen LogP contribution in [0.1, 0.15) is 24.4 Å². The molecule has 7 nitrogen and oxygen atoms in total. The van der Waals surface area contributed by atoms with Crippen LogP contribution >= 0.6 is 0 Å². The summed E-state index contributed by atoms with van der Waals surface area (Å²) in [7, 11) is 1.20. The largest absolute Gasteiger partial charge is 0.479 e. The van der Waals surface area contributed by atoms with E-state index in [1.807, 2.05) is 0 Å². The first kappa shape index (κ1) is 17.6. The average Bonchev–Trinajstić information content (AvgIpc) is 2.93. The van der Waals surface area contributed by atoms with Crippen molar-refractivity contribution in [2.24, 2.45) is 0 Å². The van der Waals surface area contributed by atoms with Gasteiger partial charge in [0.2, 0.25) is 5.91 Å². The Morgan fingerprint density at radius 1 is 1.33 bits per heavy atom. The number of para-hydroxylation sites is 1. The van der Waals surface area contributed by atoms with E-state index >= 15 is 0 Å². The van der Waals surface area contributed by atoms with Crippen LogP contribution in [0.3, 0.4) is 0 Å². The van der Waals surface area contributed by atoms with E-state index in [1.165, 1.54) is 31.3 Å². The number of hydrogen-bond donors (Lipinski definition) is 1. The van der Waals surface area contributed by atoms with Crippen molar-refractivity contribution in [1.82, 2.24) is 9.80 Å². The summed E-state index contributed by atoms with van der Waals surface area (Å²) in [6.07, 6.45) is 0.712. The van der Waals surface area contributed by atoms with Crippen LogP contribution in [-0.4, -0.2) is 53.0 Å². The van der Waals surface area contributed by atoms with E-state index in [9.17, 15) is 28.3 Å². The Morgan fingerprint density at radius 2 is 2.00 bits per heavy atom. The molecule has 0 bridgehead atoms. The van der Waals surface area contributed by atoms with E-state index in [2.05, 4.69) is 4.74 Å². The molecule has 1 atom stereocenters. The molecule has 24 heavy (non-hydrogen) atoms. The van der Waals surface area contributed by atoms with Crippen LogP contribution in [0.25, 0.3) is 0 Å². The summed E-state index contributed by atoms with van der Waals surface area (Å²) in [5.74, 6) is -2.16. The molecule has 3 amide bonds. The highest BCUT2D eigenvalue weighted by atomic mass is 19.3. The van der Waals surface area contributed by atoms with Crippen molar-refractivity contribution in [2.75, 3.05) is 13.6 Å². The number of halogens is 2. The van der Waals surface area contributed by atoms with E-state index < -0.39 is 30.6 Å². The molecule has 1 fully saturated rings. The summed E-state index contributed by atoms with van der Waals surface area (Å²) in [5, 5.41) is 9.47. The Kier molecular flexibility index (Phi) is 5.32. The number of aliphatic carboxylic acids is 1. The molecule has 1 aliphatic rings. The molecular weight excluding hydrogens is 326 g/mol. The molecule has 2 rings (SSSR count). The average molecular weight is 342 g/mol. The number of nitrogens with zero attached hydrogens (tertiary/aromatic N) is 2. The third kappa shape index (κ3) is 3.61. The minimum Gasteiger partial charge on any atom is -0.479 e. The summed E-state index contributed by atoms with van der Waals surface area (Å²) in [6, 6.07) is 2.97. The fourth-order valence-electron chi connectivity index (χ4n) is 2.57. The highest BCUT2D eigenvalue weighted by Crippen LogP contribution is 2.31. The Morgan fingerprint density at radius 3 is 2.54 bits per heavy atom. The van der Waals surface area contributed by atoms with Crippen molar-refractivity contribution in [3.63, 3.8) is 0 Å². The zero-order valence-corrected chi connectivity index (χ0v) is 12.8. The van der Waals surface area contributed by atoms with E-state index in [0.29, 0.717) is 6.42 Å². The van der Waals surface area contributed by atoms with Crippen molar-refractivity contribution in [2.45, 2.75) is 25.5 Å². The maximum absolute atomic E-state index is 12.5. The van der Waals surface area contributed by atoms with Crippen LogP contribution in [0.15, 0.2) is 24.3 Å². The Bertz CT molecular complexity index is 653. The molecule has 1 aromatic rings. The molecule has 0 spiro atoms. The number of carboxylic acids is 1. The molecule has 1 aromatic carbocycles. The molecule has 1 N–H and O–H groups in total. The number of carboxylic acid groups (broad SMARTS) is 1. The molecule has 1 saturated heterocycles.